The van der Waals surface area contributed by atoms with Crippen molar-refractivity contribution in [2.45, 2.75) is 43.9 Å². The molecular weight excluding hydrogens is 418 g/mol. The fraction of sp³-hybridized carbons (Fsp3) is 0.407. The maximum atomic E-state index is 11.8. The summed E-state index contributed by atoms with van der Waals surface area (Å²) in [6.07, 6.45) is 9.99. The predicted molar refractivity (Wildman–Crippen MR) is 127 cm³/mol. The maximum absolute atomic E-state index is 11.8. The maximum Gasteiger partial charge on any atom is 0.290 e. The highest BCUT2D eigenvalue weighted by molar-refractivity contribution is 8.18. The molecule has 0 unspecified atom stereocenters. The molecule has 0 radical (unpaired) electrons. The number of imide groups is 1. The summed E-state index contributed by atoms with van der Waals surface area (Å²) in [6.45, 7) is 0. The van der Waals surface area contributed by atoms with E-state index in [1.807, 2.05) is 12.1 Å². The summed E-state index contributed by atoms with van der Waals surface area (Å²) in [5, 5.41) is 1.99. The standard InChI is InChI=1S/C27H27NO3S/c1-31-23-7-6-21(12-22(23)27-13-17-8-18(14-27)10-19(9-17)15-27)20-4-2-16(3-5-20)11-24-25(29)28-26(30)32-24/h2-7,11-12,17-19H,8-10,13-15H2,1H3,(H,28,29,30)/b24-11-. The van der Waals surface area contributed by atoms with Crippen LogP contribution < -0.4 is 10.1 Å². The number of hydrogen-bond acceptors (Lipinski definition) is 4. The van der Waals surface area contributed by atoms with Crippen molar-refractivity contribution in [3.63, 3.8) is 0 Å². The smallest absolute Gasteiger partial charge is 0.290 e. The van der Waals surface area contributed by atoms with E-state index < -0.39 is 0 Å². The fourth-order valence-corrected chi connectivity index (χ4v) is 7.77. The van der Waals surface area contributed by atoms with Gasteiger partial charge in [-0.05, 0) is 108 Å². The molecule has 0 atom stereocenters. The highest BCUT2D eigenvalue weighted by atomic mass is 32.2. The van der Waals surface area contributed by atoms with E-state index in [-0.39, 0.29) is 16.6 Å². The van der Waals surface area contributed by atoms with Crippen molar-refractivity contribution in [2.75, 3.05) is 7.11 Å². The van der Waals surface area contributed by atoms with Gasteiger partial charge in [-0.15, -0.1) is 0 Å². The Hall–Kier alpha value is -2.53. The van der Waals surface area contributed by atoms with Crippen LogP contribution in [0.25, 0.3) is 17.2 Å². The van der Waals surface area contributed by atoms with Gasteiger partial charge in [-0.2, -0.15) is 0 Å². The molecule has 4 aliphatic carbocycles. The first-order chi connectivity index (χ1) is 15.5. The van der Waals surface area contributed by atoms with Crippen LogP contribution in [0.3, 0.4) is 0 Å². The summed E-state index contributed by atoms with van der Waals surface area (Å²) >= 11 is 0.950. The number of nitrogens with one attached hydrogen (secondary N) is 1. The van der Waals surface area contributed by atoms with E-state index in [0.717, 1.165) is 46.4 Å². The molecule has 164 valence electrons. The molecule has 4 bridgehead atoms. The lowest BCUT2D eigenvalue weighted by atomic mass is 9.48. The second-order valence-corrected chi connectivity index (χ2v) is 11.1. The van der Waals surface area contributed by atoms with E-state index in [4.69, 9.17) is 4.74 Å². The van der Waals surface area contributed by atoms with Crippen LogP contribution in [-0.4, -0.2) is 18.3 Å². The molecule has 2 aromatic carbocycles. The minimum absolute atomic E-state index is 0.278. The number of methoxy groups -OCH3 is 1. The van der Waals surface area contributed by atoms with E-state index in [0.29, 0.717) is 4.91 Å². The molecule has 1 N–H and O–H groups in total. The number of benzene rings is 2. The number of carbonyl (C=O) groups excluding carboxylic acids is 2. The molecule has 5 aliphatic rings. The Morgan fingerprint density at radius 1 is 0.938 bits per heavy atom. The van der Waals surface area contributed by atoms with Gasteiger partial charge in [0.15, 0.2) is 0 Å². The molecule has 4 saturated carbocycles. The number of hydrogen-bond donors (Lipinski definition) is 1. The van der Waals surface area contributed by atoms with Gasteiger partial charge in [-0.3, -0.25) is 14.9 Å². The van der Waals surface area contributed by atoms with E-state index in [1.54, 1.807) is 13.2 Å². The second kappa shape index (κ2) is 7.51. The molecule has 2 aromatic rings. The van der Waals surface area contributed by atoms with Gasteiger partial charge < -0.3 is 4.74 Å². The Balaban J connectivity index is 1.33. The quantitative estimate of drug-likeness (QED) is 0.573. The molecule has 4 nitrogen and oxygen atoms in total. The van der Waals surface area contributed by atoms with Gasteiger partial charge in [0.05, 0.1) is 12.0 Å². The summed E-state index contributed by atoms with van der Waals surface area (Å²) in [4.78, 5) is 23.6. The number of ether oxygens (including phenoxy) is 1. The molecule has 7 rings (SSSR count). The monoisotopic (exact) mass is 445 g/mol. The lowest BCUT2D eigenvalue weighted by Crippen LogP contribution is -2.48. The van der Waals surface area contributed by atoms with Crippen molar-refractivity contribution >= 4 is 29.0 Å². The topological polar surface area (TPSA) is 55.4 Å². The third-order valence-electron chi connectivity index (χ3n) is 7.99. The highest BCUT2D eigenvalue weighted by Gasteiger charge is 2.52. The van der Waals surface area contributed by atoms with Crippen molar-refractivity contribution in [1.29, 1.82) is 0 Å². The predicted octanol–water partition coefficient (Wildman–Crippen LogP) is 6.15. The fourth-order valence-electron chi connectivity index (χ4n) is 7.09. The van der Waals surface area contributed by atoms with E-state index in [2.05, 4.69) is 35.6 Å². The second-order valence-electron chi connectivity index (χ2n) is 10.1. The van der Waals surface area contributed by atoms with E-state index in [1.165, 1.54) is 49.7 Å². The molecule has 1 saturated heterocycles. The molecule has 5 fully saturated rings. The minimum Gasteiger partial charge on any atom is -0.496 e. The van der Waals surface area contributed by atoms with Crippen LogP contribution in [0.5, 0.6) is 5.75 Å². The molecule has 32 heavy (non-hydrogen) atoms. The Morgan fingerprint density at radius 3 is 2.12 bits per heavy atom. The van der Waals surface area contributed by atoms with E-state index >= 15 is 0 Å². The van der Waals surface area contributed by atoms with Crippen molar-refractivity contribution in [3.05, 3.63) is 58.5 Å². The van der Waals surface area contributed by atoms with Crippen molar-refractivity contribution in [1.82, 2.24) is 5.32 Å². The average molecular weight is 446 g/mol. The summed E-state index contributed by atoms with van der Waals surface area (Å²) in [5.74, 6) is 3.38. The van der Waals surface area contributed by atoms with Crippen LogP contribution >= 0.6 is 11.8 Å². The average Bonchev–Trinajstić information content (AvgIpc) is 3.09. The summed E-state index contributed by atoms with van der Waals surface area (Å²) in [7, 11) is 1.79. The number of thioether (sulfide) groups is 1. The molecule has 0 aromatic heterocycles. The molecule has 1 heterocycles. The van der Waals surface area contributed by atoms with Crippen LogP contribution in [0.4, 0.5) is 4.79 Å². The van der Waals surface area contributed by atoms with Gasteiger partial charge in [-0.1, -0.05) is 30.3 Å². The van der Waals surface area contributed by atoms with Crippen LogP contribution in [0, 0.1) is 17.8 Å². The number of rotatable bonds is 4. The number of carbonyl (C=O) groups is 2. The number of amides is 2. The highest BCUT2D eigenvalue weighted by Crippen LogP contribution is 2.62. The summed E-state index contributed by atoms with van der Waals surface area (Å²) in [6, 6.07) is 14.9. The van der Waals surface area contributed by atoms with Crippen molar-refractivity contribution in [2.24, 2.45) is 17.8 Å². The third kappa shape index (κ3) is 3.38. The Kier molecular flexibility index (Phi) is 4.72. The first-order valence-corrected chi connectivity index (χ1v) is 12.4. The van der Waals surface area contributed by atoms with Gasteiger partial charge in [0.1, 0.15) is 5.75 Å². The van der Waals surface area contributed by atoms with Gasteiger partial charge in [0.25, 0.3) is 11.1 Å². The largest absolute Gasteiger partial charge is 0.496 e. The van der Waals surface area contributed by atoms with Crippen LogP contribution in [0.2, 0.25) is 0 Å². The first kappa shape index (κ1) is 20.1. The zero-order valence-corrected chi connectivity index (χ0v) is 19.0. The van der Waals surface area contributed by atoms with Gasteiger partial charge in [0.2, 0.25) is 0 Å². The van der Waals surface area contributed by atoms with Gasteiger partial charge >= 0.3 is 0 Å². The molecular formula is C27H27NO3S. The Labute approximate surface area is 192 Å². The SMILES string of the molecule is COc1ccc(-c2ccc(/C=C3\SC(=O)NC3=O)cc2)cc1C12CC3CC(CC(C3)C1)C2. The summed E-state index contributed by atoms with van der Waals surface area (Å²) in [5.41, 5.74) is 4.95. The molecule has 0 spiro atoms. The molecule has 5 heteroatoms. The lowest BCUT2D eigenvalue weighted by Gasteiger charge is -2.57. The van der Waals surface area contributed by atoms with Gasteiger partial charge in [0, 0.05) is 5.56 Å². The zero-order valence-electron chi connectivity index (χ0n) is 18.2. The van der Waals surface area contributed by atoms with Crippen LogP contribution in [0.1, 0.15) is 49.7 Å². The summed E-state index contributed by atoms with van der Waals surface area (Å²) < 4.78 is 5.86. The van der Waals surface area contributed by atoms with Crippen molar-refractivity contribution in [3.8, 4) is 16.9 Å². The van der Waals surface area contributed by atoms with Crippen molar-refractivity contribution < 1.29 is 14.3 Å². The normalized spacial score (nSPS) is 31.9. The molecule has 1 aliphatic heterocycles. The Bertz CT molecular complexity index is 1100. The zero-order chi connectivity index (χ0) is 21.9. The van der Waals surface area contributed by atoms with Gasteiger partial charge in [-0.25, -0.2) is 0 Å². The van der Waals surface area contributed by atoms with Crippen LogP contribution in [0.15, 0.2) is 47.4 Å². The molecule has 2 amide bonds. The first-order valence-electron chi connectivity index (χ1n) is 11.6. The minimum atomic E-state index is -0.320. The third-order valence-corrected chi connectivity index (χ3v) is 8.80. The lowest BCUT2D eigenvalue weighted by molar-refractivity contribution is -0.115. The van der Waals surface area contributed by atoms with Crippen LogP contribution in [-0.2, 0) is 10.2 Å². The van der Waals surface area contributed by atoms with E-state index in [9.17, 15) is 9.59 Å². The Morgan fingerprint density at radius 2 is 1.56 bits per heavy atom.